The smallest absolute Gasteiger partial charge is 0.336 e. The van der Waals surface area contributed by atoms with E-state index in [1.807, 2.05) is 4.72 Å². The highest BCUT2D eigenvalue weighted by atomic mass is 32.2. The highest BCUT2D eigenvalue weighted by molar-refractivity contribution is 7.89. The number of hydrogen-bond donors (Lipinski definition) is 4. The fourth-order valence-electron chi connectivity index (χ4n) is 1.32. The maximum Gasteiger partial charge on any atom is 0.336 e. The van der Waals surface area contributed by atoms with Crippen molar-refractivity contribution in [2.75, 3.05) is 6.54 Å². The van der Waals surface area contributed by atoms with Crippen LogP contribution < -0.4 is 10.5 Å². The molecule has 1 aromatic heterocycles. The molecule has 10 heteroatoms. The number of primary amides is 1. The molecule has 1 unspecified atom stereocenters. The molecule has 0 aromatic carbocycles. The molecule has 1 rings (SSSR count). The summed E-state index contributed by atoms with van der Waals surface area (Å²) in [5, 5.41) is 18.1. The first kappa shape index (κ1) is 16.1. The van der Waals surface area contributed by atoms with Crippen molar-refractivity contribution in [3.8, 4) is 0 Å². The zero-order valence-electron chi connectivity index (χ0n) is 10.8. The van der Waals surface area contributed by atoms with Gasteiger partial charge >= 0.3 is 5.97 Å². The van der Waals surface area contributed by atoms with E-state index in [0.29, 0.717) is 0 Å². The van der Waals surface area contributed by atoms with Crippen LogP contribution in [0.3, 0.4) is 0 Å². The fraction of sp³-hybridized carbons (Fsp3) is 0.400. The Morgan fingerprint density at radius 1 is 1.50 bits per heavy atom. The number of rotatable bonds is 6. The molecule has 5 N–H and O–H groups in total. The lowest BCUT2D eigenvalue weighted by molar-refractivity contribution is -0.155. The molecule has 0 fully saturated rings. The van der Waals surface area contributed by atoms with E-state index in [2.05, 4.69) is 0 Å². The van der Waals surface area contributed by atoms with Crippen LogP contribution in [0, 0.1) is 0 Å². The Bertz CT molecular complexity index is 646. The maximum atomic E-state index is 11.9. The number of aryl methyl sites for hydroxylation is 1. The molecule has 0 aliphatic heterocycles. The standard InChI is InChI=1S/C10H15N3O6S/c1-10(17,9(15)16)5-12-20(18,19)6-3-7(8(11)14)13(2)4-6/h3-4,12,17H,5H2,1-2H3,(H2,11,14)(H,15,16). The molecule has 1 aromatic rings. The van der Waals surface area contributed by atoms with Crippen LogP contribution in [0.15, 0.2) is 17.2 Å². The number of aliphatic carboxylic acids is 1. The monoisotopic (exact) mass is 305 g/mol. The Morgan fingerprint density at radius 2 is 2.05 bits per heavy atom. The predicted molar refractivity (Wildman–Crippen MR) is 67.4 cm³/mol. The third-order valence-electron chi connectivity index (χ3n) is 2.61. The van der Waals surface area contributed by atoms with E-state index >= 15 is 0 Å². The highest BCUT2D eigenvalue weighted by Crippen LogP contribution is 2.14. The summed E-state index contributed by atoms with van der Waals surface area (Å²) in [7, 11) is -2.63. The number of aromatic nitrogens is 1. The van der Waals surface area contributed by atoms with E-state index in [0.717, 1.165) is 19.2 Å². The average molecular weight is 305 g/mol. The summed E-state index contributed by atoms with van der Waals surface area (Å²) in [5.41, 5.74) is 2.80. The Labute approximate surface area is 115 Å². The molecule has 1 heterocycles. The van der Waals surface area contributed by atoms with Gasteiger partial charge in [-0.25, -0.2) is 17.9 Å². The second kappa shape index (κ2) is 5.23. The van der Waals surface area contributed by atoms with Crippen LogP contribution in [0.2, 0.25) is 0 Å². The van der Waals surface area contributed by atoms with Gasteiger partial charge in [-0.3, -0.25) is 4.79 Å². The lowest BCUT2D eigenvalue weighted by Gasteiger charge is -2.17. The van der Waals surface area contributed by atoms with Crippen LogP contribution in [0.5, 0.6) is 0 Å². The zero-order valence-corrected chi connectivity index (χ0v) is 11.6. The van der Waals surface area contributed by atoms with Crippen LogP contribution in [-0.4, -0.2) is 47.2 Å². The summed E-state index contributed by atoms with van der Waals surface area (Å²) in [6.45, 7) is 0.239. The number of carboxylic acid groups (broad SMARTS) is 1. The van der Waals surface area contributed by atoms with Crippen molar-refractivity contribution in [2.24, 2.45) is 12.8 Å². The Kier molecular flexibility index (Phi) is 4.22. The van der Waals surface area contributed by atoms with Gasteiger partial charge in [-0.05, 0) is 13.0 Å². The molecule has 112 valence electrons. The third-order valence-corrected chi connectivity index (χ3v) is 3.98. The number of hydrogen-bond acceptors (Lipinski definition) is 5. The summed E-state index contributed by atoms with van der Waals surface area (Å²) in [5.74, 6) is -2.36. The number of amides is 1. The first-order valence-electron chi connectivity index (χ1n) is 5.39. The minimum Gasteiger partial charge on any atom is -0.479 e. The molecule has 0 spiro atoms. The van der Waals surface area contributed by atoms with Gasteiger partial charge in [0, 0.05) is 13.2 Å². The SMILES string of the molecule is Cn1cc(S(=O)(=O)NCC(C)(O)C(=O)O)cc1C(N)=O. The van der Waals surface area contributed by atoms with Gasteiger partial charge in [-0.15, -0.1) is 0 Å². The van der Waals surface area contributed by atoms with Crippen molar-refractivity contribution < 1.29 is 28.2 Å². The van der Waals surface area contributed by atoms with Crippen LogP contribution >= 0.6 is 0 Å². The molecule has 0 bridgehead atoms. The van der Waals surface area contributed by atoms with Crippen molar-refractivity contribution in [3.05, 3.63) is 18.0 Å². The van der Waals surface area contributed by atoms with E-state index in [4.69, 9.17) is 10.8 Å². The number of nitrogens with two attached hydrogens (primary N) is 1. The van der Waals surface area contributed by atoms with Crippen LogP contribution in [0.4, 0.5) is 0 Å². The summed E-state index contributed by atoms with van der Waals surface area (Å²) < 4.78 is 27.0. The van der Waals surface area contributed by atoms with Crippen molar-refractivity contribution in [1.29, 1.82) is 0 Å². The van der Waals surface area contributed by atoms with E-state index in [9.17, 15) is 23.1 Å². The fourth-order valence-corrected chi connectivity index (χ4v) is 2.52. The number of carbonyl (C=O) groups is 2. The van der Waals surface area contributed by atoms with E-state index in [1.54, 1.807) is 0 Å². The van der Waals surface area contributed by atoms with Gasteiger partial charge in [0.25, 0.3) is 5.91 Å². The minimum atomic E-state index is -4.06. The van der Waals surface area contributed by atoms with Gasteiger partial charge < -0.3 is 20.5 Å². The summed E-state index contributed by atoms with van der Waals surface area (Å²) in [6, 6.07) is 1.06. The first-order chi connectivity index (χ1) is 8.97. The molecule has 0 saturated heterocycles. The molecule has 20 heavy (non-hydrogen) atoms. The molecule has 0 saturated carbocycles. The van der Waals surface area contributed by atoms with Crippen LogP contribution in [-0.2, 0) is 21.9 Å². The normalized spacial score (nSPS) is 14.8. The largest absolute Gasteiger partial charge is 0.479 e. The van der Waals surface area contributed by atoms with Crippen molar-refractivity contribution in [1.82, 2.24) is 9.29 Å². The van der Waals surface area contributed by atoms with Crippen molar-refractivity contribution in [3.63, 3.8) is 0 Å². The second-order valence-electron chi connectivity index (χ2n) is 4.44. The number of nitrogens with one attached hydrogen (secondary N) is 1. The number of aliphatic hydroxyl groups is 1. The van der Waals surface area contributed by atoms with Gasteiger partial charge in [0.1, 0.15) is 10.6 Å². The molecule has 1 amide bonds. The number of carboxylic acids is 1. The van der Waals surface area contributed by atoms with Crippen LogP contribution in [0.25, 0.3) is 0 Å². The van der Waals surface area contributed by atoms with Gasteiger partial charge in [0.15, 0.2) is 5.60 Å². The van der Waals surface area contributed by atoms with E-state index in [1.165, 1.54) is 11.6 Å². The predicted octanol–water partition coefficient (Wildman–Crippen LogP) is -1.76. The van der Waals surface area contributed by atoms with Crippen molar-refractivity contribution in [2.45, 2.75) is 17.4 Å². The lowest BCUT2D eigenvalue weighted by Crippen LogP contribution is -2.46. The van der Waals surface area contributed by atoms with Gasteiger partial charge in [0.05, 0.1) is 6.54 Å². The summed E-state index contributed by atoms with van der Waals surface area (Å²) in [6.07, 6.45) is 1.15. The topological polar surface area (TPSA) is 152 Å². The summed E-state index contributed by atoms with van der Waals surface area (Å²) >= 11 is 0. The molecule has 0 aliphatic rings. The van der Waals surface area contributed by atoms with Crippen molar-refractivity contribution >= 4 is 21.9 Å². The number of nitrogens with zero attached hydrogens (tertiary/aromatic N) is 1. The average Bonchev–Trinajstić information content (AvgIpc) is 2.70. The minimum absolute atomic E-state index is 0.0182. The highest BCUT2D eigenvalue weighted by Gasteiger charge is 2.32. The molecule has 0 aliphatic carbocycles. The molecular weight excluding hydrogens is 290 g/mol. The van der Waals surface area contributed by atoms with E-state index < -0.39 is 34.0 Å². The maximum absolute atomic E-state index is 11.9. The summed E-state index contributed by atoms with van der Waals surface area (Å²) in [4.78, 5) is 21.5. The zero-order chi connectivity index (χ0) is 15.7. The van der Waals surface area contributed by atoms with E-state index in [-0.39, 0.29) is 10.6 Å². The third kappa shape index (κ3) is 3.35. The molecular formula is C10H15N3O6S. The van der Waals surface area contributed by atoms with Crippen LogP contribution in [0.1, 0.15) is 17.4 Å². The van der Waals surface area contributed by atoms with Gasteiger partial charge in [0.2, 0.25) is 10.0 Å². The Hall–Kier alpha value is -1.91. The number of sulfonamides is 1. The molecule has 9 nitrogen and oxygen atoms in total. The number of carbonyl (C=O) groups excluding carboxylic acids is 1. The Balaban J connectivity index is 2.98. The molecule has 0 radical (unpaired) electrons. The van der Waals surface area contributed by atoms with Gasteiger partial charge in [-0.2, -0.15) is 0 Å². The molecule has 1 atom stereocenters. The quantitative estimate of drug-likeness (QED) is 0.488. The first-order valence-corrected chi connectivity index (χ1v) is 6.87. The second-order valence-corrected chi connectivity index (χ2v) is 6.21. The lowest BCUT2D eigenvalue weighted by atomic mass is 10.1. The van der Waals surface area contributed by atoms with Gasteiger partial charge in [-0.1, -0.05) is 0 Å². The Morgan fingerprint density at radius 3 is 2.45 bits per heavy atom.